The maximum absolute atomic E-state index is 11.4. The molecule has 0 aromatic rings. The van der Waals surface area contributed by atoms with E-state index in [1.54, 1.807) is 0 Å². The highest BCUT2D eigenvalue weighted by Crippen LogP contribution is 2.50. The Bertz CT molecular complexity index is 647. The Hall–Kier alpha value is -1.29. The van der Waals surface area contributed by atoms with Crippen LogP contribution in [0.4, 0.5) is 0 Å². The molecule has 1 saturated heterocycles. The van der Waals surface area contributed by atoms with Gasteiger partial charge in [-0.3, -0.25) is 0 Å². The number of carbonyl (C=O) groups is 1. The monoisotopic (exact) mass is 412 g/mol. The number of fused-ring (bicyclic) bond motifs is 1. The van der Waals surface area contributed by atoms with Crippen molar-refractivity contribution in [3.63, 3.8) is 0 Å². The van der Waals surface area contributed by atoms with Gasteiger partial charge in [-0.15, -0.1) is 0 Å². The number of aliphatic hydroxyl groups excluding tert-OH is 4. The van der Waals surface area contributed by atoms with E-state index >= 15 is 0 Å². The highest BCUT2D eigenvalue weighted by atomic mass is 16.7. The summed E-state index contributed by atoms with van der Waals surface area (Å²) in [5, 5.41) is 49.0. The lowest BCUT2D eigenvalue weighted by Gasteiger charge is -2.50. The van der Waals surface area contributed by atoms with Gasteiger partial charge >= 0.3 is 5.97 Å². The Morgan fingerprint density at radius 1 is 1.21 bits per heavy atom. The molecule has 0 aromatic heterocycles. The van der Waals surface area contributed by atoms with Crippen molar-refractivity contribution in [1.29, 1.82) is 0 Å². The van der Waals surface area contributed by atoms with E-state index < -0.39 is 43.3 Å². The summed E-state index contributed by atoms with van der Waals surface area (Å²) in [4.78, 5) is 11.4. The van der Waals surface area contributed by atoms with Crippen molar-refractivity contribution >= 4 is 5.97 Å². The van der Waals surface area contributed by atoms with E-state index in [4.69, 9.17) is 9.47 Å². The molecule has 0 radical (unpaired) electrons. The molecule has 10 unspecified atom stereocenters. The zero-order valence-corrected chi connectivity index (χ0v) is 16.7. The fourth-order valence-corrected chi connectivity index (χ4v) is 5.30. The molecule has 0 aromatic carbocycles. The second-order valence-corrected chi connectivity index (χ2v) is 8.73. The molecule has 5 N–H and O–H groups in total. The Balaban J connectivity index is 1.75. The van der Waals surface area contributed by atoms with Crippen LogP contribution in [0.1, 0.15) is 32.6 Å². The van der Waals surface area contributed by atoms with Crippen molar-refractivity contribution in [2.75, 3.05) is 6.61 Å². The SMILES string of the molecule is C=C(C(=O)O)C1CC(C)C2C(OC3OC(CO)C(O)C(O)C3O)CCC(=C)C2C1. The lowest BCUT2D eigenvalue weighted by molar-refractivity contribution is -0.319. The molecule has 0 bridgehead atoms. The first-order valence-electron chi connectivity index (χ1n) is 10.2. The highest BCUT2D eigenvalue weighted by molar-refractivity contribution is 5.86. The second kappa shape index (κ2) is 8.83. The van der Waals surface area contributed by atoms with E-state index in [1.807, 2.05) is 0 Å². The van der Waals surface area contributed by atoms with Crippen LogP contribution in [0, 0.1) is 23.7 Å². The minimum atomic E-state index is -1.48. The summed E-state index contributed by atoms with van der Waals surface area (Å²) in [6, 6.07) is 0. The number of rotatable bonds is 5. The van der Waals surface area contributed by atoms with E-state index in [2.05, 4.69) is 20.1 Å². The second-order valence-electron chi connectivity index (χ2n) is 8.73. The minimum Gasteiger partial charge on any atom is -0.478 e. The summed E-state index contributed by atoms with van der Waals surface area (Å²) in [5.41, 5.74) is 1.29. The van der Waals surface area contributed by atoms with Crippen LogP contribution in [-0.2, 0) is 14.3 Å². The molecule has 1 heterocycles. The molecule has 8 heteroatoms. The van der Waals surface area contributed by atoms with Gasteiger partial charge in [-0.25, -0.2) is 4.79 Å². The van der Waals surface area contributed by atoms with Crippen molar-refractivity contribution < 1.29 is 39.8 Å². The molecule has 10 atom stereocenters. The molecule has 2 saturated carbocycles. The van der Waals surface area contributed by atoms with Crippen LogP contribution < -0.4 is 0 Å². The summed E-state index contributed by atoms with van der Waals surface area (Å²) in [5.74, 6) is -0.811. The average Bonchev–Trinajstić information content (AvgIpc) is 2.69. The van der Waals surface area contributed by atoms with Gasteiger partial charge in [-0.2, -0.15) is 0 Å². The van der Waals surface area contributed by atoms with Crippen molar-refractivity contribution in [2.45, 2.75) is 69.4 Å². The Labute approximate surface area is 170 Å². The Morgan fingerprint density at radius 2 is 1.90 bits per heavy atom. The van der Waals surface area contributed by atoms with E-state index in [0.29, 0.717) is 25.7 Å². The Kier molecular flexibility index (Phi) is 6.82. The third kappa shape index (κ3) is 4.28. The van der Waals surface area contributed by atoms with Gasteiger partial charge in [0.1, 0.15) is 24.4 Å². The van der Waals surface area contributed by atoms with Crippen LogP contribution in [0.15, 0.2) is 24.3 Å². The minimum absolute atomic E-state index is 0.0708. The molecule has 1 aliphatic heterocycles. The van der Waals surface area contributed by atoms with Crippen LogP contribution in [0.25, 0.3) is 0 Å². The van der Waals surface area contributed by atoms with Gasteiger partial charge in [-0.1, -0.05) is 25.7 Å². The molecular formula is C21H32O8. The maximum Gasteiger partial charge on any atom is 0.331 e. The molecule has 29 heavy (non-hydrogen) atoms. The van der Waals surface area contributed by atoms with Gasteiger partial charge in [-0.05, 0) is 49.4 Å². The van der Waals surface area contributed by atoms with E-state index in [-0.39, 0.29) is 35.3 Å². The number of aliphatic hydroxyl groups is 4. The first-order chi connectivity index (χ1) is 13.6. The largest absolute Gasteiger partial charge is 0.478 e. The van der Waals surface area contributed by atoms with E-state index in [0.717, 1.165) is 5.57 Å². The van der Waals surface area contributed by atoms with Crippen LogP contribution in [-0.4, -0.2) is 74.9 Å². The van der Waals surface area contributed by atoms with Crippen LogP contribution in [0.5, 0.6) is 0 Å². The summed E-state index contributed by atoms with van der Waals surface area (Å²) >= 11 is 0. The standard InChI is InChI=1S/C21H32O8/c1-9-4-5-14(28-21-19(25)18(24)17(23)15(8-22)29-21)16-10(2)6-12(7-13(9)16)11(3)20(26)27/h10,12-19,21-25H,1,3-8H2,2H3,(H,26,27). The molecule has 3 aliphatic rings. The molecule has 164 valence electrons. The molecule has 0 amide bonds. The van der Waals surface area contributed by atoms with E-state index in [1.165, 1.54) is 0 Å². The number of carboxylic acid groups (broad SMARTS) is 1. The number of aliphatic carboxylic acids is 1. The lowest BCUT2D eigenvalue weighted by Crippen LogP contribution is -2.60. The summed E-state index contributed by atoms with van der Waals surface area (Å²) in [6.07, 6.45) is -4.09. The van der Waals surface area contributed by atoms with E-state index in [9.17, 15) is 30.3 Å². The van der Waals surface area contributed by atoms with Gasteiger partial charge in [0.25, 0.3) is 0 Å². The molecule has 8 nitrogen and oxygen atoms in total. The number of hydrogen-bond donors (Lipinski definition) is 5. The smallest absolute Gasteiger partial charge is 0.331 e. The number of ether oxygens (including phenoxy) is 2. The predicted molar refractivity (Wildman–Crippen MR) is 103 cm³/mol. The van der Waals surface area contributed by atoms with Crippen molar-refractivity contribution in [2.24, 2.45) is 23.7 Å². The zero-order chi connectivity index (χ0) is 21.5. The number of carboxylic acids is 1. The zero-order valence-electron chi connectivity index (χ0n) is 16.7. The fraction of sp³-hybridized carbons (Fsp3) is 0.762. The molecule has 2 aliphatic carbocycles. The van der Waals surface area contributed by atoms with Crippen molar-refractivity contribution in [3.8, 4) is 0 Å². The molecule has 3 fully saturated rings. The van der Waals surface area contributed by atoms with Crippen molar-refractivity contribution in [1.82, 2.24) is 0 Å². The first-order valence-corrected chi connectivity index (χ1v) is 10.2. The van der Waals surface area contributed by atoms with Crippen LogP contribution >= 0.6 is 0 Å². The van der Waals surface area contributed by atoms with Gasteiger partial charge < -0.3 is 35.0 Å². The van der Waals surface area contributed by atoms with Crippen molar-refractivity contribution in [3.05, 3.63) is 24.3 Å². The third-order valence-electron chi connectivity index (χ3n) is 6.94. The van der Waals surface area contributed by atoms with Crippen LogP contribution in [0.3, 0.4) is 0 Å². The lowest BCUT2D eigenvalue weighted by atomic mass is 9.59. The topological polar surface area (TPSA) is 137 Å². The van der Waals surface area contributed by atoms with Gasteiger partial charge in [0.2, 0.25) is 0 Å². The fourth-order valence-electron chi connectivity index (χ4n) is 5.30. The maximum atomic E-state index is 11.4. The average molecular weight is 412 g/mol. The first kappa shape index (κ1) is 22.4. The van der Waals surface area contributed by atoms with Gasteiger partial charge in [0.15, 0.2) is 6.29 Å². The van der Waals surface area contributed by atoms with Crippen LogP contribution in [0.2, 0.25) is 0 Å². The Morgan fingerprint density at radius 3 is 2.52 bits per heavy atom. The third-order valence-corrected chi connectivity index (χ3v) is 6.94. The summed E-state index contributed by atoms with van der Waals surface area (Å²) in [6.45, 7) is 9.49. The van der Waals surface area contributed by atoms with Gasteiger partial charge in [0, 0.05) is 5.57 Å². The summed E-state index contributed by atoms with van der Waals surface area (Å²) < 4.78 is 11.6. The normalized spacial score (nSPS) is 45.5. The summed E-state index contributed by atoms with van der Waals surface area (Å²) in [7, 11) is 0. The molecule has 3 rings (SSSR count). The molecular weight excluding hydrogens is 380 g/mol. The molecule has 0 spiro atoms. The highest BCUT2D eigenvalue weighted by Gasteiger charge is 2.49. The number of hydrogen-bond acceptors (Lipinski definition) is 7. The quantitative estimate of drug-likeness (QED) is 0.324. The van der Waals surface area contributed by atoms with Gasteiger partial charge in [0.05, 0.1) is 12.7 Å². The number of allylic oxidation sites excluding steroid dienone is 1. The predicted octanol–water partition coefficient (Wildman–Crippen LogP) is 0.441.